The van der Waals surface area contributed by atoms with E-state index < -0.39 is 0 Å². The number of nitrogens with zero attached hydrogens (tertiary/aromatic N) is 3. The van der Waals surface area contributed by atoms with Crippen LogP contribution in [0.5, 0.6) is 0 Å². The fourth-order valence-electron chi connectivity index (χ4n) is 2.39. The van der Waals surface area contributed by atoms with E-state index in [2.05, 4.69) is 59.2 Å². The average molecular weight is 292 g/mol. The van der Waals surface area contributed by atoms with Crippen molar-refractivity contribution < 1.29 is 0 Å². The third-order valence-corrected chi connectivity index (χ3v) is 4.12. The molecule has 4 nitrogen and oxygen atoms in total. The van der Waals surface area contributed by atoms with Gasteiger partial charge in [0.05, 0.1) is 22.4 Å². The van der Waals surface area contributed by atoms with Gasteiger partial charge in [0.2, 0.25) is 0 Å². The van der Waals surface area contributed by atoms with E-state index in [9.17, 15) is 0 Å². The first-order valence-electron chi connectivity index (χ1n) is 7.32. The number of hydrogen-bond acceptors (Lipinski definition) is 4. The molecule has 1 unspecified atom stereocenters. The monoisotopic (exact) mass is 292 g/mol. The molecule has 0 bridgehead atoms. The predicted molar refractivity (Wildman–Crippen MR) is 84.2 cm³/mol. The quantitative estimate of drug-likeness (QED) is 0.852. The van der Waals surface area contributed by atoms with Gasteiger partial charge in [-0.1, -0.05) is 6.92 Å². The first-order chi connectivity index (χ1) is 9.63. The van der Waals surface area contributed by atoms with E-state index in [4.69, 9.17) is 0 Å². The molecular weight excluding hydrogens is 268 g/mol. The fourth-order valence-corrected chi connectivity index (χ4v) is 3.05. The summed E-state index contributed by atoms with van der Waals surface area (Å²) in [7, 11) is 0. The smallest absolute Gasteiger partial charge is 0.0898 e. The van der Waals surface area contributed by atoms with Crippen LogP contribution in [0.1, 0.15) is 48.4 Å². The Kier molecular flexibility index (Phi) is 5.31. The van der Waals surface area contributed by atoms with Gasteiger partial charge in [0.1, 0.15) is 0 Å². The van der Waals surface area contributed by atoms with Crippen LogP contribution in [0.4, 0.5) is 0 Å². The first-order valence-corrected chi connectivity index (χ1v) is 8.20. The number of hydrogen-bond donors (Lipinski definition) is 1. The van der Waals surface area contributed by atoms with E-state index in [-0.39, 0.29) is 6.04 Å². The van der Waals surface area contributed by atoms with Crippen LogP contribution in [-0.4, -0.2) is 21.3 Å². The summed E-state index contributed by atoms with van der Waals surface area (Å²) in [6, 6.07) is 2.46. The summed E-state index contributed by atoms with van der Waals surface area (Å²) < 4.78 is 2.09. The SMILES string of the molecule is CCCNC(Cc1cc(C)nn1CC)c1csc(C)n1. The number of thiazole rings is 1. The topological polar surface area (TPSA) is 42.7 Å². The molecule has 110 valence electrons. The Bertz CT molecular complexity index is 544. The summed E-state index contributed by atoms with van der Waals surface area (Å²) in [5.74, 6) is 0. The molecule has 1 atom stereocenters. The predicted octanol–water partition coefficient (Wildman–Crippen LogP) is 3.26. The molecule has 0 saturated heterocycles. The van der Waals surface area contributed by atoms with Crippen molar-refractivity contribution in [3.05, 3.63) is 33.5 Å². The lowest BCUT2D eigenvalue weighted by Gasteiger charge is -2.17. The molecule has 0 radical (unpaired) electrons. The Balaban J connectivity index is 2.18. The zero-order valence-electron chi connectivity index (χ0n) is 12.8. The van der Waals surface area contributed by atoms with Crippen molar-refractivity contribution in [3.63, 3.8) is 0 Å². The average Bonchev–Trinajstić information content (AvgIpc) is 3.00. The number of nitrogens with one attached hydrogen (secondary N) is 1. The second-order valence-electron chi connectivity index (χ2n) is 5.10. The van der Waals surface area contributed by atoms with Crippen LogP contribution in [0.3, 0.4) is 0 Å². The minimum atomic E-state index is 0.279. The molecule has 0 spiro atoms. The van der Waals surface area contributed by atoms with Gasteiger partial charge in [-0.3, -0.25) is 4.68 Å². The van der Waals surface area contributed by atoms with Gasteiger partial charge >= 0.3 is 0 Å². The second kappa shape index (κ2) is 6.99. The van der Waals surface area contributed by atoms with Crippen LogP contribution in [0.15, 0.2) is 11.4 Å². The lowest BCUT2D eigenvalue weighted by Crippen LogP contribution is -2.25. The molecule has 0 aliphatic heterocycles. The molecule has 2 aromatic heterocycles. The molecule has 0 aliphatic rings. The Hall–Kier alpha value is -1.20. The minimum absolute atomic E-state index is 0.279. The normalized spacial score (nSPS) is 12.8. The van der Waals surface area contributed by atoms with E-state index in [0.717, 1.165) is 42.3 Å². The fraction of sp³-hybridized carbons (Fsp3) is 0.600. The van der Waals surface area contributed by atoms with Crippen molar-refractivity contribution >= 4 is 11.3 Å². The maximum absolute atomic E-state index is 4.65. The highest BCUT2D eigenvalue weighted by Gasteiger charge is 2.17. The van der Waals surface area contributed by atoms with Crippen LogP contribution in [0.2, 0.25) is 0 Å². The number of rotatable bonds is 7. The molecule has 2 rings (SSSR count). The molecule has 2 heterocycles. The summed E-state index contributed by atoms with van der Waals surface area (Å²) in [5.41, 5.74) is 3.53. The lowest BCUT2D eigenvalue weighted by atomic mass is 10.1. The summed E-state index contributed by atoms with van der Waals surface area (Å²) in [4.78, 5) is 4.65. The Morgan fingerprint density at radius 2 is 2.15 bits per heavy atom. The maximum Gasteiger partial charge on any atom is 0.0898 e. The van der Waals surface area contributed by atoms with Gasteiger partial charge in [0.25, 0.3) is 0 Å². The van der Waals surface area contributed by atoms with E-state index in [1.54, 1.807) is 11.3 Å². The molecule has 5 heteroatoms. The van der Waals surface area contributed by atoms with Crippen molar-refractivity contribution in [2.75, 3.05) is 6.54 Å². The highest BCUT2D eigenvalue weighted by atomic mass is 32.1. The highest BCUT2D eigenvalue weighted by molar-refractivity contribution is 7.09. The van der Waals surface area contributed by atoms with Gasteiger partial charge in [0, 0.05) is 24.0 Å². The maximum atomic E-state index is 4.65. The molecule has 0 aliphatic carbocycles. The van der Waals surface area contributed by atoms with E-state index >= 15 is 0 Å². The number of aryl methyl sites for hydroxylation is 3. The van der Waals surface area contributed by atoms with Gasteiger partial charge in [0.15, 0.2) is 0 Å². The van der Waals surface area contributed by atoms with Crippen molar-refractivity contribution in [2.24, 2.45) is 0 Å². The van der Waals surface area contributed by atoms with Crippen molar-refractivity contribution in [1.29, 1.82) is 0 Å². The molecule has 20 heavy (non-hydrogen) atoms. The van der Waals surface area contributed by atoms with Gasteiger partial charge < -0.3 is 5.32 Å². The van der Waals surface area contributed by atoms with Gasteiger partial charge in [-0.05, 0) is 39.8 Å². The molecule has 2 aromatic rings. The van der Waals surface area contributed by atoms with Gasteiger partial charge in [-0.25, -0.2) is 4.98 Å². The van der Waals surface area contributed by atoms with Crippen molar-refractivity contribution in [2.45, 2.75) is 53.1 Å². The number of aromatic nitrogens is 3. The zero-order chi connectivity index (χ0) is 14.5. The third-order valence-electron chi connectivity index (χ3n) is 3.33. The Labute approximate surface area is 125 Å². The first kappa shape index (κ1) is 15.2. The summed E-state index contributed by atoms with van der Waals surface area (Å²) in [6.07, 6.45) is 2.07. The van der Waals surface area contributed by atoms with E-state index in [0.29, 0.717) is 0 Å². The largest absolute Gasteiger partial charge is 0.308 e. The van der Waals surface area contributed by atoms with Crippen LogP contribution in [0.25, 0.3) is 0 Å². The molecule has 0 fully saturated rings. The molecule has 0 amide bonds. The highest BCUT2D eigenvalue weighted by Crippen LogP contribution is 2.21. The summed E-state index contributed by atoms with van der Waals surface area (Å²) >= 11 is 1.72. The van der Waals surface area contributed by atoms with Gasteiger partial charge in [-0.2, -0.15) is 5.10 Å². The van der Waals surface area contributed by atoms with E-state index in [1.165, 1.54) is 5.69 Å². The molecule has 0 saturated carbocycles. The second-order valence-corrected chi connectivity index (χ2v) is 6.16. The van der Waals surface area contributed by atoms with Gasteiger partial charge in [-0.15, -0.1) is 11.3 Å². The van der Waals surface area contributed by atoms with Crippen LogP contribution >= 0.6 is 11.3 Å². The molecule has 0 aromatic carbocycles. The van der Waals surface area contributed by atoms with Crippen molar-refractivity contribution in [1.82, 2.24) is 20.1 Å². The zero-order valence-corrected chi connectivity index (χ0v) is 13.6. The van der Waals surface area contributed by atoms with E-state index in [1.807, 2.05) is 0 Å². The van der Waals surface area contributed by atoms with Crippen LogP contribution in [0, 0.1) is 13.8 Å². The van der Waals surface area contributed by atoms with Crippen LogP contribution in [-0.2, 0) is 13.0 Å². The van der Waals surface area contributed by atoms with Crippen molar-refractivity contribution in [3.8, 4) is 0 Å². The minimum Gasteiger partial charge on any atom is -0.308 e. The summed E-state index contributed by atoms with van der Waals surface area (Å²) in [6.45, 7) is 10.4. The Morgan fingerprint density at radius 1 is 1.35 bits per heavy atom. The molecular formula is C15H24N4S. The van der Waals surface area contributed by atoms with Crippen LogP contribution < -0.4 is 5.32 Å². The standard InChI is InChI=1S/C15H24N4S/c1-5-7-16-14(15-10-20-12(4)17-15)9-13-8-11(3)18-19(13)6-2/h8,10,14,16H,5-7,9H2,1-4H3. The third kappa shape index (κ3) is 3.67. The summed E-state index contributed by atoms with van der Waals surface area (Å²) in [5, 5.41) is 11.4. The lowest BCUT2D eigenvalue weighted by molar-refractivity contribution is 0.495. The Morgan fingerprint density at radius 3 is 2.75 bits per heavy atom. The molecule has 1 N–H and O–H groups in total.